The number of carbonyl (C=O) groups is 1. The average Bonchev–Trinajstić information content (AvgIpc) is 2.37. The van der Waals surface area contributed by atoms with Crippen LogP contribution in [0, 0.1) is 0 Å². The van der Waals surface area contributed by atoms with Gasteiger partial charge in [-0.25, -0.2) is 0 Å². The molecule has 1 amide bonds. The zero-order chi connectivity index (χ0) is 13.4. The Bertz CT molecular complexity index is 258. The quantitative estimate of drug-likeness (QED) is 0.782. The Hall–Kier alpha value is -0.320. The molecule has 5 heteroatoms. The molecule has 1 N–H and O–H groups in total. The van der Waals surface area contributed by atoms with Crippen LogP contribution in [0.4, 0.5) is 0 Å². The van der Waals surface area contributed by atoms with Crippen molar-refractivity contribution in [2.75, 3.05) is 32.8 Å². The predicted octanol–water partition coefficient (Wildman–Crippen LogP) is 2.22. The van der Waals surface area contributed by atoms with Crippen LogP contribution in [0.15, 0.2) is 0 Å². The summed E-state index contributed by atoms with van der Waals surface area (Å²) >= 11 is 0. The third kappa shape index (κ3) is 7.14. The van der Waals surface area contributed by atoms with E-state index < -0.39 is 0 Å². The van der Waals surface area contributed by atoms with E-state index in [0.717, 1.165) is 39.1 Å². The van der Waals surface area contributed by atoms with Crippen LogP contribution in [-0.2, 0) is 9.53 Å². The molecule has 1 saturated heterocycles. The molecule has 1 aliphatic rings. The molecule has 0 aromatic rings. The van der Waals surface area contributed by atoms with Crippen LogP contribution in [0.2, 0.25) is 0 Å². The number of nitrogens with zero attached hydrogens (tertiary/aromatic N) is 1. The summed E-state index contributed by atoms with van der Waals surface area (Å²) in [6.45, 7) is 10.2. The monoisotopic (exact) mass is 292 g/mol. The molecule has 0 bridgehead atoms. The molecule has 0 radical (unpaired) electrons. The number of carbonyl (C=O) groups excluding carboxylic acids is 1. The molecule has 1 fully saturated rings. The molecular weight excluding hydrogens is 264 g/mol. The van der Waals surface area contributed by atoms with Gasteiger partial charge in [0.05, 0.1) is 19.8 Å². The highest BCUT2D eigenvalue weighted by Gasteiger charge is 2.24. The summed E-state index contributed by atoms with van der Waals surface area (Å²) < 4.78 is 5.28. The van der Waals surface area contributed by atoms with Crippen molar-refractivity contribution < 1.29 is 9.53 Å². The lowest BCUT2D eigenvalue weighted by molar-refractivity contribution is -0.125. The number of unbranched alkanes of at least 4 members (excludes halogenated alkanes) is 1. The Labute approximate surface area is 123 Å². The summed E-state index contributed by atoms with van der Waals surface area (Å²) in [5.74, 6) is 0.150. The fourth-order valence-corrected chi connectivity index (χ4v) is 2.23. The summed E-state index contributed by atoms with van der Waals surface area (Å²) in [5.41, 5.74) is -0.0423. The Kier molecular flexibility index (Phi) is 9.40. The molecule has 1 heterocycles. The summed E-state index contributed by atoms with van der Waals surface area (Å²) in [5, 5.41) is 3.20. The van der Waals surface area contributed by atoms with Gasteiger partial charge in [0.15, 0.2) is 0 Å². The second-order valence-electron chi connectivity index (χ2n) is 5.45. The fourth-order valence-electron chi connectivity index (χ4n) is 2.23. The van der Waals surface area contributed by atoms with E-state index in [1.54, 1.807) is 0 Å². The molecule has 1 atom stereocenters. The van der Waals surface area contributed by atoms with E-state index in [4.69, 9.17) is 4.74 Å². The number of morpholine rings is 1. The number of ether oxygens (including phenoxy) is 1. The van der Waals surface area contributed by atoms with Gasteiger partial charge in [0.2, 0.25) is 5.91 Å². The van der Waals surface area contributed by atoms with Crippen molar-refractivity contribution in [3.8, 4) is 0 Å². The third-order valence-corrected chi connectivity index (χ3v) is 3.77. The van der Waals surface area contributed by atoms with Gasteiger partial charge in [0, 0.05) is 18.6 Å². The molecular formula is C14H29ClN2O2. The van der Waals surface area contributed by atoms with Gasteiger partial charge in [-0.1, -0.05) is 26.7 Å². The summed E-state index contributed by atoms with van der Waals surface area (Å²) in [6, 6.07) is 0. The molecule has 0 spiro atoms. The highest BCUT2D eigenvalue weighted by atomic mass is 35.5. The van der Waals surface area contributed by atoms with Crippen LogP contribution in [0.25, 0.3) is 0 Å². The van der Waals surface area contributed by atoms with Crippen molar-refractivity contribution in [1.82, 2.24) is 10.2 Å². The van der Waals surface area contributed by atoms with E-state index in [2.05, 4.69) is 31.0 Å². The van der Waals surface area contributed by atoms with Crippen LogP contribution >= 0.6 is 12.4 Å². The third-order valence-electron chi connectivity index (χ3n) is 3.77. The molecule has 0 aliphatic carbocycles. The second kappa shape index (κ2) is 9.56. The maximum atomic E-state index is 12.1. The minimum atomic E-state index is -0.0423. The van der Waals surface area contributed by atoms with E-state index in [-0.39, 0.29) is 23.9 Å². The van der Waals surface area contributed by atoms with E-state index in [1.165, 1.54) is 12.8 Å². The minimum Gasteiger partial charge on any atom is -0.379 e. The van der Waals surface area contributed by atoms with Crippen molar-refractivity contribution in [3.05, 3.63) is 0 Å². The first-order valence-corrected chi connectivity index (χ1v) is 7.21. The highest BCUT2D eigenvalue weighted by Crippen LogP contribution is 2.17. The maximum absolute atomic E-state index is 12.1. The first-order chi connectivity index (χ1) is 8.59. The highest BCUT2D eigenvalue weighted by molar-refractivity contribution is 5.85. The average molecular weight is 293 g/mol. The largest absolute Gasteiger partial charge is 0.379 e. The van der Waals surface area contributed by atoms with Crippen molar-refractivity contribution in [1.29, 1.82) is 0 Å². The number of rotatable bonds is 7. The normalized spacial score (nSPS) is 19.3. The maximum Gasteiger partial charge on any atom is 0.234 e. The molecule has 19 heavy (non-hydrogen) atoms. The molecule has 4 nitrogen and oxygen atoms in total. The van der Waals surface area contributed by atoms with Crippen molar-refractivity contribution in [2.45, 2.75) is 52.0 Å². The summed E-state index contributed by atoms with van der Waals surface area (Å²) in [6.07, 6.45) is 4.40. The van der Waals surface area contributed by atoms with Gasteiger partial charge in [0.1, 0.15) is 0 Å². The smallest absolute Gasteiger partial charge is 0.234 e. The Morgan fingerprint density at radius 1 is 1.32 bits per heavy atom. The molecule has 114 valence electrons. The van der Waals surface area contributed by atoms with Crippen LogP contribution in [0.5, 0.6) is 0 Å². The number of hydrogen-bond donors (Lipinski definition) is 1. The summed E-state index contributed by atoms with van der Waals surface area (Å²) in [4.78, 5) is 14.2. The van der Waals surface area contributed by atoms with Gasteiger partial charge < -0.3 is 10.1 Å². The van der Waals surface area contributed by atoms with Gasteiger partial charge in [0.25, 0.3) is 0 Å². The van der Waals surface area contributed by atoms with E-state index in [0.29, 0.717) is 6.54 Å². The lowest BCUT2D eigenvalue weighted by atomic mass is 9.92. The van der Waals surface area contributed by atoms with E-state index in [9.17, 15) is 4.79 Å². The van der Waals surface area contributed by atoms with Gasteiger partial charge in [-0.15, -0.1) is 12.4 Å². The standard InChI is InChI=1S/C14H28N2O2.ClH/c1-4-6-7-14(3,5-2)15-13(17)12-16-8-10-18-11-9-16;/h4-12H2,1-3H3,(H,15,17);1H. The fraction of sp³-hybridized carbons (Fsp3) is 0.929. The SMILES string of the molecule is CCCCC(C)(CC)NC(=O)CN1CCOCC1.Cl. The molecule has 1 rings (SSSR count). The first kappa shape index (κ1) is 18.7. The Balaban J connectivity index is 0.00000324. The van der Waals surface area contributed by atoms with Crippen LogP contribution in [-0.4, -0.2) is 49.2 Å². The van der Waals surface area contributed by atoms with Crippen molar-refractivity contribution >= 4 is 18.3 Å². The zero-order valence-electron chi connectivity index (χ0n) is 12.5. The lowest BCUT2D eigenvalue weighted by Crippen LogP contribution is -2.50. The molecule has 1 aliphatic heterocycles. The van der Waals surface area contributed by atoms with E-state index in [1.807, 2.05) is 0 Å². The van der Waals surface area contributed by atoms with E-state index >= 15 is 0 Å². The van der Waals surface area contributed by atoms with Crippen molar-refractivity contribution in [2.24, 2.45) is 0 Å². The molecule has 0 saturated carbocycles. The van der Waals surface area contributed by atoms with Crippen LogP contribution in [0.1, 0.15) is 46.5 Å². The Morgan fingerprint density at radius 2 is 1.95 bits per heavy atom. The topological polar surface area (TPSA) is 41.6 Å². The van der Waals surface area contributed by atoms with Gasteiger partial charge in [-0.2, -0.15) is 0 Å². The van der Waals surface area contributed by atoms with Gasteiger partial charge in [-0.3, -0.25) is 9.69 Å². The second-order valence-corrected chi connectivity index (χ2v) is 5.45. The first-order valence-electron chi connectivity index (χ1n) is 7.21. The number of halogens is 1. The summed E-state index contributed by atoms with van der Waals surface area (Å²) in [7, 11) is 0. The molecule has 0 aromatic carbocycles. The lowest BCUT2D eigenvalue weighted by Gasteiger charge is -2.32. The van der Waals surface area contributed by atoms with Gasteiger partial charge in [-0.05, 0) is 19.8 Å². The molecule has 1 unspecified atom stereocenters. The predicted molar refractivity (Wildman–Crippen MR) is 80.9 cm³/mol. The molecule has 0 aromatic heterocycles. The Morgan fingerprint density at radius 3 is 2.47 bits per heavy atom. The number of amides is 1. The van der Waals surface area contributed by atoms with Crippen LogP contribution < -0.4 is 5.32 Å². The number of nitrogens with one attached hydrogen (secondary N) is 1. The minimum absolute atomic E-state index is 0. The van der Waals surface area contributed by atoms with Crippen molar-refractivity contribution in [3.63, 3.8) is 0 Å². The zero-order valence-corrected chi connectivity index (χ0v) is 13.4. The number of hydrogen-bond acceptors (Lipinski definition) is 3. The van der Waals surface area contributed by atoms with Gasteiger partial charge >= 0.3 is 0 Å². The van der Waals surface area contributed by atoms with Crippen LogP contribution in [0.3, 0.4) is 0 Å².